The van der Waals surface area contributed by atoms with Crippen molar-refractivity contribution in [1.29, 1.82) is 0 Å². The van der Waals surface area contributed by atoms with Crippen LogP contribution in [0.1, 0.15) is 36.0 Å². The smallest absolute Gasteiger partial charge is 0.0737 e. The molecule has 0 radical (unpaired) electrons. The van der Waals surface area contributed by atoms with Crippen LogP contribution in [-0.4, -0.2) is 17.2 Å². The fourth-order valence-corrected chi connectivity index (χ4v) is 4.03. The quantitative estimate of drug-likeness (QED) is 0.649. The van der Waals surface area contributed by atoms with Crippen molar-refractivity contribution < 1.29 is 0 Å². The number of nitrogens with zero attached hydrogens (tertiary/aromatic N) is 2. The molecular formula is C21H18N2. The van der Waals surface area contributed by atoms with Gasteiger partial charge in [0.15, 0.2) is 0 Å². The summed E-state index contributed by atoms with van der Waals surface area (Å²) in [5, 5.41) is 1.18. The van der Waals surface area contributed by atoms with Crippen LogP contribution >= 0.6 is 0 Å². The van der Waals surface area contributed by atoms with Crippen LogP contribution in [0.3, 0.4) is 0 Å². The largest absolute Gasteiger partial charge is 0.283 e. The van der Waals surface area contributed by atoms with E-state index in [4.69, 9.17) is 4.99 Å². The molecule has 2 aliphatic rings. The average Bonchev–Trinajstić information content (AvgIpc) is 2.59. The van der Waals surface area contributed by atoms with E-state index in [1.165, 1.54) is 35.8 Å². The van der Waals surface area contributed by atoms with E-state index in [0.717, 1.165) is 23.3 Å². The lowest BCUT2D eigenvalue weighted by molar-refractivity contribution is 0.251. The van der Waals surface area contributed by atoms with Crippen molar-refractivity contribution >= 4 is 16.6 Å². The van der Waals surface area contributed by atoms with Gasteiger partial charge in [-0.25, -0.2) is 0 Å². The summed E-state index contributed by atoms with van der Waals surface area (Å²) in [7, 11) is 0. The Morgan fingerprint density at radius 3 is 2.61 bits per heavy atom. The van der Waals surface area contributed by atoms with E-state index in [2.05, 4.69) is 53.5 Å². The van der Waals surface area contributed by atoms with E-state index in [1.807, 2.05) is 12.3 Å². The minimum absolute atomic E-state index is 0.310. The normalized spacial score (nSPS) is 18.3. The lowest BCUT2D eigenvalue weighted by Gasteiger charge is -2.44. The molecule has 2 heteroatoms. The Labute approximate surface area is 135 Å². The lowest BCUT2D eigenvalue weighted by Crippen LogP contribution is -2.41. The van der Waals surface area contributed by atoms with Crippen LogP contribution in [0.4, 0.5) is 0 Å². The van der Waals surface area contributed by atoms with Crippen molar-refractivity contribution in [2.24, 2.45) is 4.99 Å². The maximum Gasteiger partial charge on any atom is 0.0737 e. The molecule has 112 valence electrons. The van der Waals surface area contributed by atoms with E-state index in [1.54, 1.807) is 0 Å². The second-order valence-corrected chi connectivity index (χ2v) is 6.76. The van der Waals surface area contributed by atoms with Crippen molar-refractivity contribution in [3.05, 3.63) is 77.5 Å². The molecule has 0 N–H and O–H groups in total. The van der Waals surface area contributed by atoms with Gasteiger partial charge in [-0.05, 0) is 30.5 Å². The van der Waals surface area contributed by atoms with Crippen LogP contribution in [0.25, 0.3) is 10.9 Å². The molecule has 1 aliphatic heterocycles. The van der Waals surface area contributed by atoms with Gasteiger partial charge in [0.05, 0.1) is 11.2 Å². The van der Waals surface area contributed by atoms with Gasteiger partial charge in [-0.3, -0.25) is 9.98 Å². The highest BCUT2D eigenvalue weighted by Crippen LogP contribution is 2.47. The predicted octanol–water partition coefficient (Wildman–Crippen LogP) is 4.51. The molecule has 5 rings (SSSR count). The number of rotatable bonds is 1. The number of fused-ring (bicyclic) bond motifs is 3. The molecule has 0 atom stereocenters. The molecule has 3 aromatic rings. The van der Waals surface area contributed by atoms with Gasteiger partial charge in [-0.2, -0.15) is 0 Å². The predicted molar refractivity (Wildman–Crippen MR) is 94.2 cm³/mol. The summed E-state index contributed by atoms with van der Waals surface area (Å²) in [5.74, 6) is 0. The Morgan fingerprint density at radius 1 is 0.913 bits per heavy atom. The third-order valence-electron chi connectivity index (χ3n) is 5.47. The first-order valence-corrected chi connectivity index (χ1v) is 8.35. The van der Waals surface area contributed by atoms with E-state index in [-0.39, 0.29) is 0 Å². The number of aliphatic imine (C=N–C) groups is 1. The standard InChI is InChI=1S/C21H18N2/c1-4-9-19-15(6-1)12-16(13-22-19)20-17-7-2-3-8-18(17)21(14-23-20)10-5-11-21/h1-4,6-9,12-13H,5,10-11,14H2. The number of benzene rings is 2. The van der Waals surface area contributed by atoms with Crippen LogP contribution in [-0.2, 0) is 5.41 Å². The summed E-state index contributed by atoms with van der Waals surface area (Å²) >= 11 is 0. The topological polar surface area (TPSA) is 25.2 Å². The van der Waals surface area contributed by atoms with Crippen molar-refractivity contribution in [1.82, 2.24) is 4.98 Å². The first kappa shape index (κ1) is 13.0. The summed E-state index contributed by atoms with van der Waals surface area (Å²) in [4.78, 5) is 9.62. The van der Waals surface area contributed by atoms with Gasteiger partial charge in [0.1, 0.15) is 0 Å². The third kappa shape index (κ3) is 1.88. The van der Waals surface area contributed by atoms with Crippen molar-refractivity contribution in [3.63, 3.8) is 0 Å². The molecule has 1 aliphatic carbocycles. The van der Waals surface area contributed by atoms with Gasteiger partial charge in [-0.1, -0.05) is 48.9 Å². The number of aromatic nitrogens is 1. The number of hydrogen-bond acceptors (Lipinski definition) is 2. The van der Waals surface area contributed by atoms with Crippen LogP contribution in [0, 0.1) is 0 Å². The minimum atomic E-state index is 0.310. The van der Waals surface area contributed by atoms with Gasteiger partial charge in [0, 0.05) is 34.7 Å². The molecule has 23 heavy (non-hydrogen) atoms. The number of pyridine rings is 1. The average molecular weight is 298 g/mol. The van der Waals surface area contributed by atoms with E-state index in [0.29, 0.717) is 5.41 Å². The van der Waals surface area contributed by atoms with Gasteiger partial charge in [0.25, 0.3) is 0 Å². The highest BCUT2D eigenvalue weighted by molar-refractivity contribution is 6.15. The Hall–Kier alpha value is -2.48. The minimum Gasteiger partial charge on any atom is -0.283 e. The van der Waals surface area contributed by atoms with Gasteiger partial charge in [0.2, 0.25) is 0 Å². The van der Waals surface area contributed by atoms with Crippen LogP contribution in [0.15, 0.2) is 65.8 Å². The molecular weight excluding hydrogens is 280 g/mol. The Balaban J connectivity index is 1.68. The molecule has 1 saturated carbocycles. The zero-order valence-corrected chi connectivity index (χ0v) is 13.0. The molecule has 0 saturated heterocycles. The van der Waals surface area contributed by atoms with Crippen molar-refractivity contribution in [2.75, 3.05) is 6.54 Å². The van der Waals surface area contributed by atoms with Crippen LogP contribution in [0.2, 0.25) is 0 Å². The molecule has 2 aromatic carbocycles. The molecule has 1 aromatic heterocycles. The fraction of sp³-hybridized carbons (Fsp3) is 0.238. The summed E-state index contributed by atoms with van der Waals surface area (Å²) < 4.78 is 0. The maximum absolute atomic E-state index is 5.00. The second-order valence-electron chi connectivity index (χ2n) is 6.76. The third-order valence-corrected chi connectivity index (χ3v) is 5.47. The molecule has 1 spiro atoms. The fourth-order valence-electron chi connectivity index (χ4n) is 4.03. The molecule has 2 nitrogen and oxygen atoms in total. The van der Waals surface area contributed by atoms with Crippen LogP contribution < -0.4 is 0 Å². The van der Waals surface area contributed by atoms with Crippen molar-refractivity contribution in [2.45, 2.75) is 24.7 Å². The Morgan fingerprint density at radius 2 is 1.74 bits per heavy atom. The highest BCUT2D eigenvalue weighted by atomic mass is 14.8. The monoisotopic (exact) mass is 298 g/mol. The molecule has 0 bridgehead atoms. The number of hydrogen-bond donors (Lipinski definition) is 0. The Bertz CT molecular complexity index is 935. The van der Waals surface area contributed by atoms with Gasteiger partial charge in [-0.15, -0.1) is 0 Å². The summed E-state index contributed by atoms with van der Waals surface area (Å²) in [6, 6.07) is 19.3. The highest BCUT2D eigenvalue weighted by Gasteiger charge is 2.42. The lowest BCUT2D eigenvalue weighted by atomic mass is 9.62. The second kappa shape index (κ2) is 4.76. The summed E-state index contributed by atoms with van der Waals surface area (Å²) in [6.45, 7) is 0.923. The van der Waals surface area contributed by atoms with Crippen LogP contribution in [0.5, 0.6) is 0 Å². The Kier molecular flexibility index (Phi) is 2.69. The van der Waals surface area contributed by atoms with Gasteiger partial charge < -0.3 is 0 Å². The van der Waals surface area contributed by atoms with Crippen molar-refractivity contribution in [3.8, 4) is 0 Å². The SMILES string of the molecule is c1ccc2c(c1)C(c1cnc3ccccc3c1)=NCC21CCC1. The van der Waals surface area contributed by atoms with Gasteiger partial charge >= 0.3 is 0 Å². The first-order chi connectivity index (χ1) is 11.4. The molecule has 0 unspecified atom stereocenters. The first-order valence-electron chi connectivity index (χ1n) is 8.35. The molecule has 1 fully saturated rings. The molecule has 2 heterocycles. The maximum atomic E-state index is 5.00. The van der Waals surface area contributed by atoms with E-state index >= 15 is 0 Å². The zero-order valence-electron chi connectivity index (χ0n) is 13.0. The zero-order chi connectivity index (χ0) is 15.3. The number of para-hydroxylation sites is 1. The van der Waals surface area contributed by atoms with E-state index in [9.17, 15) is 0 Å². The summed E-state index contributed by atoms with van der Waals surface area (Å²) in [5.41, 5.74) is 6.38. The van der Waals surface area contributed by atoms with E-state index < -0.39 is 0 Å². The molecule has 0 amide bonds. The summed E-state index contributed by atoms with van der Waals surface area (Å²) in [6.07, 6.45) is 5.85.